The van der Waals surface area contributed by atoms with Crippen LogP contribution in [-0.4, -0.2) is 4.98 Å². The van der Waals surface area contributed by atoms with Crippen LogP contribution in [0.5, 0.6) is 0 Å². The molecule has 4 heteroatoms. The van der Waals surface area contributed by atoms with Crippen LogP contribution in [0.15, 0.2) is 42.5 Å². The van der Waals surface area contributed by atoms with E-state index in [2.05, 4.69) is 4.98 Å². The van der Waals surface area contributed by atoms with Gasteiger partial charge in [-0.2, -0.15) is 0 Å². The average Bonchev–Trinajstić information content (AvgIpc) is 2.72. The topological polar surface area (TPSA) is 12.9 Å². The number of hydrogen-bond donors (Lipinski definition) is 0. The smallest absolute Gasteiger partial charge is 0.125 e. The lowest BCUT2D eigenvalue weighted by Gasteiger charge is -1.95. The van der Waals surface area contributed by atoms with E-state index in [1.807, 2.05) is 24.3 Å². The van der Waals surface area contributed by atoms with Gasteiger partial charge >= 0.3 is 0 Å². The van der Waals surface area contributed by atoms with Gasteiger partial charge in [0.1, 0.15) is 10.8 Å². The molecule has 0 saturated carbocycles. The Morgan fingerprint density at radius 1 is 1.12 bits per heavy atom. The van der Waals surface area contributed by atoms with E-state index in [0.717, 1.165) is 15.3 Å². The predicted octanol–water partition coefficient (Wildman–Crippen LogP) is 4.76. The van der Waals surface area contributed by atoms with Crippen LogP contribution in [-0.2, 0) is 0 Å². The van der Waals surface area contributed by atoms with Gasteiger partial charge in [0.2, 0.25) is 0 Å². The summed E-state index contributed by atoms with van der Waals surface area (Å²) < 4.78 is 14.0. The zero-order chi connectivity index (χ0) is 11.8. The monoisotopic (exact) mass is 263 g/mol. The highest BCUT2D eigenvalue weighted by molar-refractivity contribution is 7.21. The number of fused-ring (bicyclic) bond motifs is 1. The molecule has 0 fully saturated rings. The fourth-order valence-electron chi connectivity index (χ4n) is 1.65. The van der Waals surface area contributed by atoms with Gasteiger partial charge in [0.05, 0.1) is 10.2 Å². The first-order valence-corrected chi connectivity index (χ1v) is 6.24. The maximum Gasteiger partial charge on any atom is 0.125 e. The fourth-order valence-corrected chi connectivity index (χ4v) is 2.78. The first-order valence-electron chi connectivity index (χ1n) is 5.04. The third-order valence-electron chi connectivity index (χ3n) is 2.42. The van der Waals surface area contributed by atoms with Crippen molar-refractivity contribution in [2.24, 2.45) is 0 Å². The van der Waals surface area contributed by atoms with Gasteiger partial charge < -0.3 is 0 Å². The summed E-state index contributed by atoms with van der Waals surface area (Å²) in [4.78, 5) is 4.40. The molecule has 0 aliphatic heterocycles. The van der Waals surface area contributed by atoms with Crippen LogP contribution in [0, 0.1) is 5.82 Å². The third-order valence-corrected chi connectivity index (χ3v) is 3.74. The number of thiazole rings is 1. The Labute approximate surface area is 106 Å². The first-order chi connectivity index (χ1) is 8.22. The van der Waals surface area contributed by atoms with E-state index in [9.17, 15) is 4.39 Å². The number of aromatic nitrogens is 1. The lowest BCUT2D eigenvalue weighted by atomic mass is 10.2. The maximum atomic E-state index is 13.1. The Balaban J connectivity index is 2.18. The highest BCUT2D eigenvalue weighted by Gasteiger charge is 2.07. The van der Waals surface area contributed by atoms with E-state index in [1.165, 1.54) is 23.5 Å². The van der Waals surface area contributed by atoms with Crippen LogP contribution in [0.4, 0.5) is 4.39 Å². The molecule has 0 aliphatic carbocycles. The summed E-state index contributed by atoms with van der Waals surface area (Å²) in [5.74, 6) is -0.263. The van der Waals surface area contributed by atoms with Gasteiger partial charge in [-0.25, -0.2) is 9.37 Å². The van der Waals surface area contributed by atoms with E-state index in [-0.39, 0.29) is 5.82 Å². The molecular weight excluding hydrogens is 257 g/mol. The average molecular weight is 264 g/mol. The Bertz CT molecular complexity index is 693. The molecule has 0 unspecified atom stereocenters. The predicted molar refractivity (Wildman–Crippen MR) is 70.0 cm³/mol. The number of halogens is 2. The van der Waals surface area contributed by atoms with E-state index in [0.29, 0.717) is 10.5 Å². The zero-order valence-corrected chi connectivity index (χ0v) is 10.2. The molecule has 17 heavy (non-hydrogen) atoms. The lowest BCUT2D eigenvalue weighted by molar-refractivity contribution is 0.629. The summed E-state index contributed by atoms with van der Waals surface area (Å²) in [5.41, 5.74) is 1.64. The van der Waals surface area contributed by atoms with Gasteiger partial charge in [0.25, 0.3) is 0 Å². The molecule has 0 atom stereocenters. The molecule has 0 bridgehead atoms. The lowest BCUT2D eigenvalue weighted by Crippen LogP contribution is -1.76. The van der Waals surface area contributed by atoms with Gasteiger partial charge in [-0.05, 0) is 24.3 Å². The van der Waals surface area contributed by atoms with Gasteiger partial charge in [-0.15, -0.1) is 11.3 Å². The van der Waals surface area contributed by atoms with Gasteiger partial charge in [-0.1, -0.05) is 23.7 Å². The standard InChI is InChI=1S/C13H7ClFNS/c14-9-3-1-2-8(6-9)13-16-11-7-10(15)4-5-12(11)17-13/h1-7H. The third kappa shape index (κ3) is 2.04. The molecule has 0 N–H and O–H groups in total. The SMILES string of the molecule is Fc1ccc2sc(-c3cccc(Cl)c3)nc2c1. The molecule has 84 valence electrons. The van der Waals surface area contributed by atoms with E-state index in [4.69, 9.17) is 11.6 Å². The Hall–Kier alpha value is -1.45. The van der Waals surface area contributed by atoms with Crippen molar-refractivity contribution in [2.75, 3.05) is 0 Å². The molecule has 3 aromatic rings. The molecule has 0 spiro atoms. The number of hydrogen-bond acceptors (Lipinski definition) is 2. The molecule has 0 amide bonds. The molecule has 1 heterocycles. The molecule has 0 radical (unpaired) electrons. The number of nitrogens with zero attached hydrogens (tertiary/aromatic N) is 1. The first kappa shape index (κ1) is 10.7. The normalized spacial score (nSPS) is 10.9. The van der Waals surface area contributed by atoms with Crippen molar-refractivity contribution in [1.29, 1.82) is 0 Å². The van der Waals surface area contributed by atoms with Crippen molar-refractivity contribution < 1.29 is 4.39 Å². The number of benzene rings is 2. The van der Waals surface area contributed by atoms with E-state index < -0.39 is 0 Å². The summed E-state index contributed by atoms with van der Waals surface area (Å²) in [5, 5.41) is 1.53. The molecule has 0 saturated heterocycles. The van der Waals surface area contributed by atoms with Crippen molar-refractivity contribution in [2.45, 2.75) is 0 Å². The minimum Gasteiger partial charge on any atom is -0.236 e. The maximum absolute atomic E-state index is 13.1. The summed E-state index contributed by atoms with van der Waals surface area (Å²) in [6.45, 7) is 0. The molecular formula is C13H7ClFNS. The van der Waals surface area contributed by atoms with Crippen LogP contribution in [0.25, 0.3) is 20.8 Å². The Morgan fingerprint density at radius 2 is 2.00 bits per heavy atom. The van der Waals surface area contributed by atoms with Crippen LogP contribution in [0.3, 0.4) is 0 Å². The van der Waals surface area contributed by atoms with Crippen LogP contribution in [0.2, 0.25) is 5.02 Å². The van der Waals surface area contributed by atoms with Crippen molar-refractivity contribution in [3.63, 3.8) is 0 Å². The van der Waals surface area contributed by atoms with E-state index in [1.54, 1.807) is 6.07 Å². The van der Waals surface area contributed by atoms with Crippen LogP contribution >= 0.6 is 22.9 Å². The molecule has 2 aromatic carbocycles. The van der Waals surface area contributed by atoms with Crippen LogP contribution < -0.4 is 0 Å². The van der Waals surface area contributed by atoms with Crippen LogP contribution in [0.1, 0.15) is 0 Å². The molecule has 1 aromatic heterocycles. The van der Waals surface area contributed by atoms with Crippen molar-refractivity contribution in [1.82, 2.24) is 4.98 Å². The summed E-state index contributed by atoms with van der Waals surface area (Å²) in [6.07, 6.45) is 0. The largest absolute Gasteiger partial charge is 0.236 e. The summed E-state index contributed by atoms with van der Waals surface area (Å²) in [7, 11) is 0. The summed E-state index contributed by atoms with van der Waals surface area (Å²) in [6, 6.07) is 12.1. The molecule has 1 nitrogen and oxygen atoms in total. The zero-order valence-electron chi connectivity index (χ0n) is 8.65. The molecule has 0 aliphatic rings. The Morgan fingerprint density at radius 3 is 2.82 bits per heavy atom. The highest BCUT2D eigenvalue weighted by Crippen LogP contribution is 2.31. The number of rotatable bonds is 1. The quantitative estimate of drug-likeness (QED) is 0.617. The second kappa shape index (κ2) is 4.09. The molecule has 3 rings (SSSR count). The summed E-state index contributed by atoms with van der Waals surface area (Å²) >= 11 is 7.47. The van der Waals surface area contributed by atoms with E-state index >= 15 is 0 Å². The van der Waals surface area contributed by atoms with Gasteiger partial charge in [-0.3, -0.25) is 0 Å². The Kier molecular flexibility index (Phi) is 2.57. The van der Waals surface area contributed by atoms with Crippen molar-refractivity contribution in [3.05, 3.63) is 53.3 Å². The second-order valence-electron chi connectivity index (χ2n) is 3.64. The van der Waals surface area contributed by atoms with Crippen molar-refractivity contribution in [3.8, 4) is 10.6 Å². The van der Waals surface area contributed by atoms with Crippen molar-refractivity contribution >= 4 is 33.2 Å². The fraction of sp³-hybridized carbons (Fsp3) is 0. The highest BCUT2D eigenvalue weighted by atomic mass is 35.5. The minimum atomic E-state index is -0.263. The second-order valence-corrected chi connectivity index (χ2v) is 5.11. The van der Waals surface area contributed by atoms with Gasteiger partial charge in [0, 0.05) is 16.7 Å². The van der Waals surface area contributed by atoms with Gasteiger partial charge in [0.15, 0.2) is 0 Å². The minimum absolute atomic E-state index is 0.263.